The Morgan fingerprint density at radius 3 is 0.887 bits per heavy atom. The second-order valence-corrected chi connectivity index (χ2v) is 25.3. The van der Waals surface area contributed by atoms with Crippen molar-refractivity contribution in [3.05, 3.63) is 24.3 Å². The molecule has 0 bridgehead atoms. The van der Waals surface area contributed by atoms with Gasteiger partial charge in [-0.2, -0.15) is 0 Å². The molecular weight excluding hydrogens is 983 g/mol. The Balaban J connectivity index is 3.33. The second kappa shape index (κ2) is 69.8. The molecule has 0 aromatic heterocycles. The standard InChI is InChI=1S/C74H143NO5/c1-3-5-7-9-11-13-15-17-18-19-33-37-40-44-48-52-56-60-64-68-74(79)80-69-65-61-57-53-49-45-41-38-35-32-30-28-26-24-22-20-21-23-25-27-29-31-34-36-39-43-47-51-55-59-63-67-73(78)75-71(70-76)72(77)66-62-58-54-50-46-42-16-14-12-10-8-6-4-2/h17-18,22,24,71-72,76-77H,3-16,19-21,23,25-70H2,1-2H3,(H,75,78)/b18-17-,24-22-. The van der Waals surface area contributed by atoms with Gasteiger partial charge < -0.3 is 20.3 Å². The van der Waals surface area contributed by atoms with Gasteiger partial charge in [-0.15, -0.1) is 0 Å². The molecule has 0 saturated heterocycles. The number of carbonyl (C=O) groups excluding carboxylic acids is 2. The molecule has 0 saturated carbocycles. The summed E-state index contributed by atoms with van der Waals surface area (Å²) < 4.78 is 5.51. The predicted molar refractivity (Wildman–Crippen MR) is 352 cm³/mol. The number of aliphatic hydroxyl groups excluding tert-OH is 2. The van der Waals surface area contributed by atoms with Crippen LogP contribution in [0.3, 0.4) is 0 Å². The molecule has 1 amide bonds. The fraction of sp³-hybridized carbons (Fsp3) is 0.919. The van der Waals surface area contributed by atoms with Crippen LogP contribution in [-0.4, -0.2) is 47.4 Å². The first kappa shape index (κ1) is 78.3. The average molecular weight is 1130 g/mol. The largest absolute Gasteiger partial charge is 0.466 e. The summed E-state index contributed by atoms with van der Waals surface area (Å²) >= 11 is 0. The van der Waals surface area contributed by atoms with Gasteiger partial charge in [0.2, 0.25) is 5.91 Å². The Morgan fingerprint density at radius 2 is 0.588 bits per heavy atom. The van der Waals surface area contributed by atoms with Crippen LogP contribution in [0.15, 0.2) is 24.3 Å². The highest BCUT2D eigenvalue weighted by molar-refractivity contribution is 5.76. The predicted octanol–water partition coefficient (Wildman–Crippen LogP) is 23.7. The van der Waals surface area contributed by atoms with E-state index in [9.17, 15) is 19.8 Å². The van der Waals surface area contributed by atoms with Gasteiger partial charge in [0.1, 0.15) is 0 Å². The summed E-state index contributed by atoms with van der Waals surface area (Å²) in [7, 11) is 0. The smallest absolute Gasteiger partial charge is 0.305 e. The number of esters is 1. The molecule has 0 aromatic rings. The summed E-state index contributed by atoms with van der Waals surface area (Å²) in [6.45, 7) is 4.98. The lowest BCUT2D eigenvalue weighted by Crippen LogP contribution is -2.45. The lowest BCUT2D eigenvalue weighted by molar-refractivity contribution is -0.143. The molecule has 0 rings (SSSR count). The Labute approximate surface area is 501 Å². The fourth-order valence-electron chi connectivity index (χ4n) is 11.6. The normalized spacial score (nSPS) is 12.6. The number of allylic oxidation sites excluding steroid dienone is 4. The molecular formula is C74H143NO5. The van der Waals surface area contributed by atoms with Crippen LogP contribution >= 0.6 is 0 Å². The van der Waals surface area contributed by atoms with Crippen molar-refractivity contribution in [2.75, 3.05) is 13.2 Å². The topological polar surface area (TPSA) is 95.9 Å². The molecule has 0 aliphatic carbocycles. The van der Waals surface area contributed by atoms with Crippen LogP contribution in [0.1, 0.15) is 412 Å². The number of ether oxygens (including phenoxy) is 1. The summed E-state index contributed by atoms with van der Waals surface area (Å²) in [6.07, 6.45) is 88.2. The van der Waals surface area contributed by atoms with E-state index in [0.717, 1.165) is 38.5 Å². The highest BCUT2D eigenvalue weighted by Gasteiger charge is 2.20. The third-order valence-corrected chi connectivity index (χ3v) is 17.2. The second-order valence-electron chi connectivity index (χ2n) is 25.3. The highest BCUT2D eigenvalue weighted by atomic mass is 16.5. The highest BCUT2D eigenvalue weighted by Crippen LogP contribution is 2.19. The Hall–Kier alpha value is -1.66. The first-order valence-electron chi connectivity index (χ1n) is 36.6. The zero-order valence-electron chi connectivity index (χ0n) is 54.3. The minimum absolute atomic E-state index is 0.0180. The lowest BCUT2D eigenvalue weighted by Gasteiger charge is -2.22. The fourth-order valence-corrected chi connectivity index (χ4v) is 11.6. The van der Waals surface area contributed by atoms with E-state index < -0.39 is 12.1 Å². The molecule has 2 atom stereocenters. The van der Waals surface area contributed by atoms with Crippen LogP contribution in [0.5, 0.6) is 0 Å². The maximum Gasteiger partial charge on any atom is 0.305 e. The summed E-state index contributed by atoms with van der Waals surface area (Å²) in [5.74, 6) is -0.0127. The monoisotopic (exact) mass is 1130 g/mol. The van der Waals surface area contributed by atoms with Crippen LogP contribution < -0.4 is 5.32 Å². The molecule has 0 aliphatic heterocycles. The maximum atomic E-state index is 12.5. The summed E-state index contributed by atoms with van der Waals surface area (Å²) in [5.41, 5.74) is 0. The molecule has 80 heavy (non-hydrogen) atoms. The molecule has 6 nitrogen and oxygen atoms in total. The zero-order chi connectivity index (χ0) is 57.8. The first-order valence-corrected chi connectivity index (χ1v) is 36.6. The van der Waals surface area contributed by atoms with Gasteiger partial charge in [0.15, 0.2) is 0 Å². The van der Waals surface area contributed by atoms with E-state index >= 15 is 0 Å². The maximum absolute atomic E-state index is 12.5. The van der Waals surface area contributed by atoms with Gasteiger partial charge in [0, 0.05) is 12.8 Å². The molecule has 0 radical (unpaired) electrons. The Morgan fingerprint density at radius 1 is 0.338 bits per heavy atom. The van der Waals surface area contributed by atoms with Crippen molar-refractivity contribution in [2.24, 2.45) is 0 Å². The molecule has 474 valence electrons. The quantitative estimate of drug-likeness (QED) is 0.0320. The van der Waals surface area contributed by atoms with E-state index in [1.54, 1.807) is 0 Å². The van der Waals surface area contributed by atoms with Crippen molar-refractivity contribution >= 4 is 11.9 Å². The molecule has 6 heteroatoms. The van der Waals surface area contributed by atoms with Crippen molar-refractivity contribution in [3.8, 4) is 0 Å². The van der Waals surface area contributed by atoms with E-state index in [4.69, 9.17) is 4.74 Å². The number of aliphatic hydroxyl groups is 2. The molecule has 0 fully saturated rings. The lowest BCUT2D eigenvalue weighted by atomic mass is 10.0. The van der Waals surface area contributed by atoms with Gasteiger partial charge in [0.05, 0.1) is 25.4 Å². The van der Waals surface area contributed by atoms with Gasteiger partial charge in [-0.3, -0.25) is 9.59 Å². The van der Waals surface area contributed by atoms with Crippen molar-refractivity contribution in [2.45, 2.75) is 424 Å². The van der Waals surface area contributed by atoms with Crippen molar-refractivity contribution in [1.29, 1.82) is 0 Å². The molecule has 2 unspecified atom stereocenters. The van der Waals surface area contributed by atoms with Gasteiger partial charge in [0.25, 0.3) is 0 Å². The van der Waals surface area contributed by atoms with Gasteiger partial charge in [-0.1, -0.05) is 346 Å². The number of rotatable bonds is 69. The number of hydrogen-bond donors (Lipinski definition) is 3. The van der Waals surface area contributed by atoms with Crippen LogP contribution in [0.2, 0.25) is 0 Å². The van der Waals surface area contributed by atoms with Crippen molar-refractivity contribution < 1.29 is 24.5 Å². The van der Waals surface area contributed by atoms with Crippen LogP contribution in [0, 0.1) is 0 Å². The third-order valence-electron chi connectivity index (χ3n) is 17.2. The molecule has 3 N–H and O–H groups in total. The average Bonchev–Trinajstić information content (AvgIpc) is 3.46. The zero-order valence-corrected chi connectivity index (χ0v) is 54.3. The molecule has 0 heterocycles. The van der Waals surface area contributed by atoms with Gasteiger partial charge >= 0.3 is 5.97 Å². The van der Waals surface area contributed by atoms with Gasteiger partial charge in [-0.05, 0) is 77.0 Å². The van der Waals surface area contributed by atoms with E-state index in [-0.39, 0.29) is 18.5 Å². The molecule has 0 aliphatic rings. The minimum Gasteiger partial charge on any atom is -0.466 e. The van der Waals surface area contributed by atoms with E-state index in [1.807, 2.05) is 0 Å². The van der Waals surface area contributed by atoms with Crippen LogP contribution in [0.4, 0.5) is 0 Å². The van der Waals surface area contributed by atoms with E-state index in [1.165, 1.54) is 340 Å². The number of carbonyl (C=O) groups is 2. The number of unbranched alkanes of at least 4 members (excludes halogenated alkanes) is 54. The molecule has 0 aromatic carbocycles. The molecule has 0 spiro atoms. The van der Waals surface area contributed by atoms with Gasteiger partial charge in [-0.25, -0.2) is 0 Å². The Bertz CT molecular complexity index is 1250. The van der Waals surface area contributed by atoms with Crippen molar-refractivity contribution in [3.63, 3.8) is 0 Å². The summed E-state index contributed by atoms with van der Waals surface area (Å²) in [5, 5.41) is 23.3. The van der Waals surface area contributed by atoms with E-state index in [0.29, 0.717) is 25.9 Å². The van der Waals surface area contributed by atoms with Crippen LogP contribution in [0.25, 0.3) is 0 Å². The summed E-state index contributed by atoms with van der Waals surface area (Å²) in [4.78, 5) is 24.6. The number of hydrogen-bond acceptors (Lipinski definition) is 5. The number of amides is 1. The van der Waals surface area contributed by atoms with E-state index in [2.05, 4.69) is 43.5 Å². The Kier molecular flexibility index (Phi) is 68.4. The van der Waals surface area contributed by atoms with Crippen molar-refractivity contribution in [1.82, 2.24) is 5.32 Å². The number of nitrogens with one attached hydrogen (secondary N) is 1. The van der Waals surface area contributed by atoms with Crippen LogP contribution in [-0.2, 0) is 14.3 Å². The SMILES string of the molecule is CCCCCCCC/C=C\CCCCCCCCCCCC(=O)OCCCCCCCCCCCCCC/C=C\CCCCCCCCCCCCCCCCCC(=O)NC(CO)C(O)CCCCCCCCCCCCCCC. The third kappa shape index (κ3) is 65.5. The first-order chi connectivity index (χ1) is 39.5. The summed E-state index contributed by atoms with van der Waals surface area (Å²) in [6, 6.07) is -0.539. The minimum atomic E-state index is -0.662.